The highest BCUT2D eigenvalue weighted by Gasteiger charge is 2.28. The molecule has 1 fully saturated rings. The molecule has 13 heavy (non-hydrogen) atoms. The first-order chi connectivity index (χ1) is 6.20. The Morgan fingerprint density at radius 3 is 2.77 bits per heavy atom. The molecule has 0 bridgehead atoms. The molecule has 1 aliphatic heterocycles. The minimum absolute atomic E-state index is 0.0602. The van der Waals surface area contributed by atoms with Gasteiger partial charge in [0.1, 0.15) is 6.04 Å². The topological polar surface area (TPSA) is 43.8 Å². The van der Waals surface area contributed by atoms with Crippen LogP contribution < -0.4 is 0 Å². The number of nitrogens with zero attached hydrogens (tertiary/aromatic N) is 2. The number of likely N-dealkylation sites (N-methyl/N-ethyl adjacent to an activating group) is 2. The summed E-state index contributed by atoms with van der Waals surface area (Å²) in [4.78, 5) is 15.5. The minimum atomic E-state index is -0.331. The molecular weight excluding hydrogens is 168 g/mol. The first-order valence-electron chi connectivity index (χ1n) is 4.80. The first kappa shape index (κ1) is 10.5. The van der Waals surface area contributed by atoms with Crippen LogP contribution in [0.5, 0.6) is 0 Å². The van der Waals surface area contributed by atoms with Crippen LogP contribution >= 0.6 is 0 Å². The fourth-order valence-corrected chi connectivity index (χ4v) is 1.71. The van der Waals surface area contributed by atoms with Gasteiger partial charge in [0.2, 0.25) is 5.91 Å². The Balaban J connectivity index is 2.71. The van der Waals surface area contributed by atoms with E-state index in [0.29, 0.717) is 0 Å². The van der Waals surface area contributed by atoms with Gasteiger partial charge in [-0.25, -0.2) is 0 Å². The van der Waals surface area contributed by atoms with Crippen LogP contribution in [-0.4, -0.2) is 60.1 Å². The monoisotopic (exact) mass is 186 g/mol. The van der Waals surface area contributed by atoms with Gasteiger partial charge in [-0.1, -0.05) is 0 Å². The summed E-state index contributed by atoms with van der Waals surface area (Å²) in [5, 5.41) is 9.08. The van der Waals surface area contributed by atoms with Gasteiger partial charge in [-0.3, -0.25) is 9.69 Å². The Morgan fingerprint density at radius 2 is 2.23 bits per heavy atom. The van der Waals surface area contributed by atoms with E-state index < -0.39 is 0 Å². The molecule has 0 aromatic rings. The third kappa shape index (κ3) is 2.19. The molecule has 4 nitrogen and oxygen atoms in total. The van der Waals surface area contributed by atoms with Gasteiger partial charge >= 0.3 is 0 Å². The van der Waals surface area contributed by atoms with E-state index in [4.69, 9.17) is 5.11 Å². The summed E-state index contributed by atoms with van der Waals surface area (Å²) in [5.74, 6) is 0.0602. The van der Waals surface area contributed by atoms with Gasteiger partial charge in [0.25, 0.3) is 0 Å². The Labute approximate surface area is 79.1 Å². The van der Waals surface area contributed by atoms with E-state index in [0.717, 1.165) is 26.1 Å². The summed E-state index contributed by atoms with van der Waals surface area (Å²) >= 11 is 0. The molecule has 76 valence electrons. The summed E-state index contributed by atoms with van der Waals surface area (Å²) in [7, 11) is 1.89. The van der Waals surface area contributed by atoms with Crippen LogP contribution in [0.3, 0.4) is 0 Å². The fraction of sp³-hybridized carbons (Fsp3) is 0.889. The number of hydrogen-bond acceptors (Lipinski definition) is 3. The van der Waals surface area contributed by atoms with Crippen molar-refractivity contribution in [3.63, 3.8) is 0 Å². The predicted molar refractivity (Wildman–Crippen MR) is 50.4 cm³/mol. The van der Waals surface area contributed by atoms with Crippen LogP contribution in [0, 0.1) is 0 Å². The van der Waals surface area contributed by atoms with Crippen molar-refractivity contribution in [1.82, 2.24) is 9.80 Å². The smallest absolute Gasteiger partial charge is 0.242 e. The van der Waals surface area contributed by atoms with E-state index >= 15 is 0 Å². The second-order valence-corrected chi connectivity index (χ2v) is 3.45. The van der Waals surface area contributed by atoms with Gasteiger partial charge in [0.05, 0.1) is 6.61 Å². The summed E-state index contributed by atoms with van der Waals surface area (Å²) < 4.78 is 0. The largest absolute Gasteiger partial charge is 0.394 e. The van der Waals surface area contributed by atoms with Crippen molar-refractivity contribution < 1.29 is 9.90 Å². The highest BCUT2D eigenvalue weighted by Crippen LogP contribution is 2.08. The first-order valence-corrected chi connectivity index (χ1v) is 4.80. The van der Waals surface area contributed by atoms with Crippen LogP contribution in [-0.2, 0) is 4.79 Å². The molecule has 1 rings (SSSR count). The molecule has 0 saturated carbocycles. The van der Waals surface area contributed by atoms with Crippen LogP contribution in [0.25, 0.3) is 0 Å². The lowest BCUT2D eigenvalue weighted by atomic mass is 10.2. The number of amides is 1. The van der Waals surface area contributed by atoms with Crippen LogP contribution in [0.2, 0.25) is 0 Å². The maximum absolute atomic E-state index is 11.7. The number of aliphatic hydroxyl groups excluding tert-OH is 1. The SMILES string of the molecule is CCN1CCCN(C)C(CO)C1=O. The molecule has 0 spiro atoms. The minimum Gasteiger partial charge on any atom is -0.394 e. The van der Waals surface area contributed by atoms with Crippen LogP contribution in [0.1, 0.15) is 13.3 Å². The summed E-state index contributed by atoms with van der Waals surface area (Å²) in [5.41, 5.74) is 0. The van der Waals surface area contributed by atoms with Gasteiger partial charge < -0.3 is 10.0 Å². The zero-order chi connectivity index (χ0) is 9.84. The predicted octanol–water partition coefficient (Wildman–Crippen LogP) is -0.469. The highest BCUT2D eigenvalue weighted by molar-refractivity contribution is 5.82. The van der Waals surface area contributed by atoms with Gasteiger partial charge in [0.15, 0.2) is 0 Å². The third-order valence-electron chi connectivity index (χ3n) is 2.62. The normalized spacial score (nSPS) is 26.2. The Morgan fingerprint density at radius 1 is 1.54 bits per heavy atom. The van der Waals surface area contributed by atoms with E-state index in [-0.39, 0.29) is 18.6 Å². The number of carbonyl (C=O) groups is 1. The fourth-order valence-electron chi connectivity index (χ4n) is 1.71. The molecule has 1 aliphatic rings. The molecule has 1 N–H and O–H groups in total. The number of aliphatic hydroxyl groups is 1. The quantitative estimate of drug-likeness (QED) is 0.634. The molecule has 1 saturated heterocycles. The summed E-state index contributed by atoms with van der Waals surface area (Å²) in [6, 6.07) is -0.331. The van der Waals surface area contributed by atoms with E-state index in [9.17, 15) is 4.79 Å². The van der Waals surface area contributed by atoms with Crippen LogP contribution in [0.4, 0.5) is 0 Å². The second kappa shape index (κ2) is 4.58. The van der Waals surface area contributed by atoms with Crippen molar-refractivity contribution in [3.8, 4) is 0 Å². The maximum Gasteiger partial charge on any atom is 0.242 e. The number of hydrogen-bond donors (Lipinski definition) is 1. The molecule has 0 aromatic carbocycles. The van der Waals surface area contributed by atoms with Crippen molar-refractivity contribution in [3.05, 3.63) is 0 Å². The molecule has 1 amide bonds. The van der Waals surface area contributed by atoms with Crippen molar-refractivity contribution in [2.24, 2.45) is 0 Å². The average molecular weight is 186 g/mol. The highest BCUT2D eigenvalue weighted by atomic mass is 16.3. The molecule has 4 heteroatoms. The van der Waals surface area contributed by atoms with Gasteiger partial charge in [-0.2, -0.15) is 0 Å². The van der Waals surface area contributed by atoms with Crippen molar-refractivity contribution in [1.29, 1.82) is 0 Å². The number of rotatable bonds is 2. The maximum atomic E-state index is 11.7. The average Bonchev–Trinajstić information content (AvgIpc) is 2.25. The standard InChI is InChI=1S/C9H18N2O2/c1-3-11-6-4-5-10(2)8(7-12)9(11)13/h8,12H,3-7H2,1-2H3. The van der Waals surface area contributed by atoms with E-state index in [2.05, 4.69) is 0 Å². The Kier molecular flexibility index (Phi) is 3.69. The third-order valence-corrected chi connectivity index (χ3v) is 2.62. The molecule has 0 aromatic heterocycles. The van der Waals surface area contributed by atoms with Crippen molar-refractivity contribution in [2.45, 2.75) is 19.4 Å². The molecule has 1 unspecified atom stereocenters. The molecule has 0 aliphatic carbocycles. The Bertz CT molecular complexity index is 184. The van der Waals surface area contributed by atoms with Gasteiger partial charge in [-0.05, 0) is 20.4 Å². The number of carbonyl (C=O) groups excluding carboxylic acids is 1. The molecule has 0 radical (unpaired) electrons. The summed E-state index contributed by atoms with van der Waals surface area (Å²) in [6.45, 7) is 4.33. The van der Waals surface area contributed by atoms with E-state index in [1.165, 1.54) is 0 Å². The summed E-state index contributed by atoms with van der Waals surface area (Å²) in [6.07, 6.45) is 0.993. The molecule has 1 atom stereocenters. The van der Waals surface area contributed by atoms with Crippen LogP contribution in [0.15, 0.2) is 0 Å². The second-order valence-electron chi connectivity index (χ2n) is 3.45. The lowest BCUT2D eigenvalue weighted by Gasteiger charge is -2.25. The molecular formula is C9H18N2O2. The van der Waals surface area contributed by atoms with Gasteiger partial charge in [-0.15, -0.1) is 0 Å². The zero-order valence-electron chi connectivity index (χ0n) is 8.36. The van der Waals surface area contributed by atoms with Crippen molar-refractivity contribution in [2.75, 3.05) is 33.3 Å². The van der Waals surface area contributed by atoms with E-state index in [1.807, 2.05) is 23.8 Å². The van der Waals surface area contributed by atoms with Crippen molar-refractivity contribution >= 4 is 5.91 Å². The van der Waals surface area contributed by atoms with E-state index in [1.54, 1.807) is 0 Å². The lowest BCUT2D eigenvalue weighted by Crippen LogP contribution is -2.46. The van der Waals surface area contributed by atoms with Gasteiger partial charge in [0, 0.05) is 19.6 Å². The molecule has 1 heterocycles. The lowest BCUT2D eigenvalue weighted by molar-refractivity contribution is -0.136. The zero-order valence-corrected chi connectivity index (χ0v) is 8.36. The Hall–Kier alpha value is -0.610.